The highest BCUT2D eigenvalue weighted by Gasteiger charge is 2.17. The van der Waals surface area contributed by atoms with E-state index in [0.717, 1.165) is 5.75 Å². The minimum Gasteiger partial charge on any atom is -0.360 e. The number of pyridine rings is 1. The zero-order valence-electron chi connectivity index (χ0n) is 10.6. The molecule has 8 heteroatoms. The van der Waals surface area contributed by atoms with E-state index in [1.165, 1.54) is 24.0 Å². The van der Waals surface area contributed by atoms with Gasteiger partial charge in [-0.3, -0.25) is 14.6 Å². The van der Waals surface area contributed by atoms with Gasteiger partial charge in [0.1, 0.15) is 5.56 Å². The summed E-state index contributed by atoms with van der Waals surface area (Å²) in [6.45, 7) is 0.669. The van der Waals surface area contributed by atoms with Gasteiger partial charge in [-0.05, 0) is 12.1 Å². The molecule has 2 heterocycles. The summed E-state index contributed by atoms with van der Waals surface area (Å²) in [5.41, 5.74) is 0.137. The number of carbonyl (C=O) groups is 1. The van der Waals surface area contributed by atoms with Crippen LogP contribution in [0.25, 0.3) is 10.9 Å². The Morgan fingerprint density at radius 3 is 2.81 bits per heavy atom. The summed E-state index contributed by atoms with van der Waals surface area (Å²) in [7, 11) is 0. The Kier molecular flexibility index (Phi) is 3.93. The van der Waals surface area contributed by atoms with Gasteiger partial charge in [0.25, 0.3) is 5.91 Å². The summed E-state index contributed by atoms with van der Waals surface area (Å²) >= 11 is 13.3. The van der Waals surface area contributed by atoms with E-state index in [1.807, 2.05) is 0 Å². The Morgan fingerprint density at radius 2 is 2.10 bits per heavy atom. The minimum atomic E-state index is -0.489. The molecular formula is C13H9Cl2N3O2S. The van der Waals surface area contributed by atoms with Crippen LogP contribution in [0.5, 0.6) is 0 Å². The van der Waals surface area contributed by atoms with Crippen LogP contribution in [0.2, 0.25) is 10.0 Å². The molecule has 1 aliphatic rings. The smallest absolute Gasteiger partial charge is 0.262 e. The molecular weight excluding hydrogens is 333 g/mol. The number of hydrogen-bond donors (Lipinski definition) is 2. The number of amidine groups is 1. The second-order valence-corrected chi connectivity index (χ2v) is 6.23. The van der Waals surface area contributed by atoms with Crippen molar-refractivity contribution >= 4 is 56.9 Å². The fraction of sp³-hybridized carbons (Fsp3) is 0.154. The second kappa shape index (κ2) is 5.71. The number of aromatic nitrogens is 1. The largest absolute Gasteiger partial charge is 0.360 e. The predicted molar refractivity (Wildman–Crippen MR) is 86.8 cm³/mol. The van der Waals surface area contributed by atoms with Gasteiger partial charge in [-0.2, -0.15) is 0 Å². The topological polar surface area (TPSA) is 74.3 Å². The molecule has 0 aliphatic carbocycles. The number of aliphatic imine (C=N–C) groups is 1. The van der Waals surface area contributed by atoms with Gasteiger partial charge >= 0.3 is 0 Å². The van der Waals surface area contributed by atoms with E-state index in [9.17, 15) is 9.59 Å². The lowest BCUT2D eigenvalue weighted by Gasteiger charge is -2.06. The van der Waals surface area contributed by atoms with Crippen molar-refractivity contribution < 1.29 is 4.79 Å². The van der Waals surface area contributed by atoms with Gasteiger partial charge in [0.2, 0.25) is 5.43 Å². The first kappa shape index (κ1) is 14.4. The molecule has 0 radical (unpaired) electrons. The maximum absolute atomic E-state index is 12.4. The van der Waals surface area contributed by atoms with Crippen molar-refractivity contribution in [1.29, 1.82) is 0 Å². The summed E-state index contributed by atoms with van der Waals surface area (Å²) in [5.74, 6) is 0.343. The summed E-state index contributed by atoms with van der Waals surface area (Å²) in [5, 5.41) is 4.08. The number of nitrogens with one attached hydrogen (secondary N) is 2. The number of H-pyrrole nitrogens is 1. The van der Waals surface area contributed by atoms with E-state index in [1.54, 1.807) is 6.07 Å². The molecule has 1 aromatic heterocycles. The third-order valence-corrected chi connectivity index (χ3v) is 4.59. The highest BCUT2D eigenvalue weighted by atomic mass is 35.5. The van der Waals surface area contributed by atoms with Gasteiger partial charge in [0, 0.05) is 17.3 Å². The standard InChI is InChI=1S/C13H9Cl2N3O2S/c14-8-3-6-10(4-9(8)15)17-5-7(11(6)19)12(20)18-13-16-1-2-21-13/h3-5H,1-2H2,(H,17,19)(H,16,18,20). The van der Waals surface area contributed by atoms with Crippen molar-refractivity contribution in [2.45, 2.75) is 0 Å². The summed E-state index contributed by atoms with van der Waals surface area (Å²) < 4.78 is 0. The molecule has 5 nitrogen and oxygen atoms in total. The molecule has 1 aromatic carbocycles. The lowest BCUT2D eigenvalue weighted by atomic mass is 10.1. The number of nitrogens with zero attached hydrogens (tertiary/aromatic N) is 1. The lowest BCUT2D eigenvalue weighted by molar-refractivity contribution is 0.0977. The summed E-state index contributed by atoms with van der Waals surface area (Å²) in [6, 6.07) is 3.01. The maximum atomic E-state index is 12.4. The molecule has 0 saturated carbocycles. The molecule has 0 fully saturated rings. The van der Waals surface area contributed by atoms with Gasteiger partial charge in [0.15, 0.2) is 5.17 Å². The molecule has 1 aliphatic heterocycles. The van der Waals surface area contributed by atoms with E-state index in [4.69, 9.17) is 23.2 Å². The highest BCUT2D eigenvalue weighted by molar-refractivity contribution is 8.14. The number of amides is 1. The minimum absolute atomic E-state index is 0.0103. The van der Waals surface area contributed by atoms with Gasteiger partial charge < -0.3 is 10.3 Å². The van der Waals surface area contributed by atoms with Crippen LogP contribution >= 0.6 is 35.0 Å². The molecule has 108 valence electrons. The third kappa shape index (κ3) is 2.79. The molecule has 0 saturated heterocycles. The molecule has 0 unspecified atom stereocenters. The fourth-order valence-electron chi connectivity index (χ4n) is 1.96. The van der Waals surface area contributed by atoms with Crippen molar-refractivity contribution in [2.24, 2.45) is 4.99 Å². The number of aromatic amines is 1. The summed E-state index contributed by atoms with van der Waals surface area (Å²) in [6.07, 6.45) is 1.37. The molecule has 1 amide bonds. The molecule has 3 rings (SSSR count). The van der Waals surface area contributed by atoms with Crippen LogP contribution in [0.15, 0.2) is 28.1 Å². The van der Waals surface area contributed by atoms with Crippen LogP contribution in [-0.4, -0.2) is 28.4 Å². The van der Waals surface area contributed by atoms with Crippen molar-refractivity contribution in [2.75, 3.05) is 12.3 Å². The van der Waals surface area contributed by atoms with E-state index >= 15 is 0 Å². The highest BCUT2D eigenvalue weighted by Crippen LogP contribution is 2.25. The van der Waals surface area contributed by atoms with Crippen molar-refractivity contribution in [3.05, 3.63) is 44.2 Å². The lowest BCUT2D eigenvalue weighted by Crippen LogP contribution is -2.31. The molecule has 2 aromatic rings. The van der Waals surface area contributed by atoms with E-state index in [2.05, 4.69) is 15.3 Å². The molecule has 0 atom stereocenters. The number of halogens is 2. The van der Waals surface area contributed by atoms with Crippen LogP contribution in [0.1, 0.15) is 10.4 Å². The van der Waals surface area contributed by atoms with E-state index in [0.29, 0.717) is 27.6 Å². The van der Waals surface area contributed by atoms with Crippen LogP contribution in [0.4, 0.5) is 0 Å². The Morgan fingerprint density at radius 1 is 1.33 bits per heavy atom. The van der Waals surface area contributed by atoms with E-state index in [-0.39, 0.29) is 10.6 Å². The normalized spacial score (nSPS) is 14.3. The van der Waals surface area contributed by atoms with Gasteiger partial charge in [0.05, 0.1) is 22.1 Å². The molecule has 0 spiro atoms. The Labute approximate surface area is 133 Å². The average Bonchev–Trinajstić information content (AvgIpc) is 2.94. The Balaban J connectivity index is 2.03. The second-order valence-electron chi connectivity index (χ2n) is 4.33. The van der Waals surface area contributed by atoms with E-state index < -0.39 is 11.3 Å². The van der Waals surface area contributed by atoms with Crippen molar-refractivity contribution in [1.82, 2.24) is 10.3 Å². The Hall–Kier alpha value is -1.50. The third-order valence-electron chi connectivity index (χ3n) is 2.97. The monoisotopic (exact) mass is 341 g/mol. The zero-order chi connectivity index (χ0) is 15.0. The predicted octanol–water partition coefficient (Wildman–Crippen LogP) is 2.67. The molecule has 2 N–H and O–H groups in total. The SMILES string of the molecule is O=C(NC1=NCCS1)c1c[nH]c2cc(Cl)c(Cl)cc2c1=O. The number of rotatable bonds is 1. The number of thioether (sulfide) groups is 1. The van der Waals surface area contributed by atoms with Crippen molar-refractivity contribution in [3.8, 4) is 0 Å². The first-order chi connectivity index (χ1) is 10.1. The molecule has 0 bridgehead atoms. The number of carbonyl (C=O) groups excluding carboxylic acids is 1. The summed E-state index contributed by atoms with van der Waals surface area (Å²) in [4.78, 5) is 31.5. The fourth-order valence-corrected chi connectivity index (χ4v) is 3.01. The van der Waals surface area contributed by atoms with Gasteiger partial charge in [-0.15, -0.1) is 0 Å². The zero-order valence-corrected chi connectivity index (χ0v) is 12.9. The Bertz CT molecular complexity index is 832. The number of fused-ring (bicyclic) bond motifs is 1. The van der Waals surface area contributed by atoms with Gasteiger partial charge in [-0.1, -0.05) is 35.0 Å². The van der Waals surface area contributed by atoms with Crippen LogP contribution in [-0.2, 0) is 0 Å². The van der Waals surface area contributed by atoms with Crippen LogP contribution < -0.4 is 10.7 Å². The molecule has 21 heavy (non-hydrogen) atoms. The number of benzene rings is 1. The van der Waals surface area contributed by atoms with Crippen LogP contribution in [0, 0.1) is 0 Å². The number of hydrogen-bond acceptors (Lipinski definition) is 4. The first-order valence-electron chi connectivity index (χ1n) is 6.05. The quantitative estimate of drug-likeness (QED) is 0.837. The van der Waals surface area contributed by atoms with Crippen molar-refractivity contribution in [3.63, 3.8) is 0 Å². The van der Waals surface area contributed by atoms with Gasteiger partial charge in [-0.25, -0.2) is 0 Å². The first-order valence-corrected chi connectivity index (χ1v) is 7.79. The maximum Gasteiger partial charge on any atom is 0.262 e. The van der Waals surface area contributed by atoms with Crippen LogP contribution in [0.3, 0.4) is 0 Å². The average molecular weight is 342 g/mol.